The van der Waals surface area contributed by atoms with Gasteiger partial charge in [-0.3, -0.25) is 0 Å². The summed E-state index contributed by atoms with van der Waals surface area (Å²) in [6.45, 7) is 4.07. The summed E-state index contributed by atoms with van der Waals surface area (Å²) in [7, 11) is 0. The Morgan fingerprint density at radius 2 is 1.70 bits per heavy atom. The second-order valence-corrected chi connectivity index (χ2v) is 5.20. The molecule has 20 heavy (non-hydrogen) atoms. The molecule has 0 aromatic heterocycles. The lowest BCUT2D eigenvalue weighted by Crippen LogP contribution is -2.35. The largest absolute Gasteiger partial charge is 0.310 e. The molecule has 0 radical (unpaired) electrons. The molecule has 0 bridgehead atoms. The average molecular weight is 263 g/mol. The lowest BCUT2D eigenvalue weighted by atomic mass is 10.1. The van der Waals surface area contributed by atoms with E-state index in [0.717, 1.165) is 19.0 Å². The van der Waals surface area contributed by atoms with Gasteiger partial charge in [-0.2, -0.15) is 0 Å². The zero-order valence-corrected chi connectivity index (χ0v) is 11.5. The number of guanidine groups is 1. The zero-order valence-electron chi connectivity index (χ0n) is 11.5. The molecule has 4 rings (SSSR count). The van der Waals surface area contributed by atoms with Crippen molar-refractivity contribution in [1.82, 2.24) is 0 Å². The Bertz CT molecular complexity index is 663. The highest BCUT2D eigenvalue weighted by Crippen LogP contribution is 2.41. The second kappa shape index (κ2) is 4.37. The molecule has 100 valence electrons. The van der Waals surface area contributed by atoms with Gasteiger partial charge in [-0.05, 0) is 24.6 Å². The number of aliphatic imine (C=N–C) groups is 1. The van der Waals surface area contributed by atoms with Crippen molar-refractivity contribution in [2.75, 3.05) is 22.9 Å². The van der Waals surface area contributed by atoms with Crippen LogP contribution in [0.3, 0.4) is 0 Å². The van der Waals surface area contributed by atoms with Crippen molar-refractivity contribution in [3.8, 4) is 0 Å². The van der Waals surface area contributed by atoms with Gasteiger partial charge in [0.1, 0.15) is 0 Å². The molecule has 0 spiro atoms. The van der Waals surface area contributed by atoms with E-state index in [2.05, 4.69) is 71.3 Å². The molecule has 2 aliphatic heterocycles. The first-order valence-electron chi connectivity index (χ1n) is 7.15. The summed E-state index contributed by atoms with van der Waals surface area (Å²) in [5.74, 6) is 1.10. The van der Waals surface area contributed by atoms with Crippen molar-refractivity contribution >= 4 is 17.3 Å². The number of anilines is 2. The number of rotatable bonds is 2. The highest BCUT2D eigenvalue weighted by Gasteiger charge is 2.38. The number of hydrogen-bond donors (Lipinski definition) is 0. The molecule has 0 amide bonds. The zero-order chi connectivity index (χ0) is 13.5. The van der Waals surface area contributed by atoms with Gasteiger partial charge in [-0.15, -0.1) is 0 Å². The van der Waals surface area contributed by atoms with Crippen molar-refractivity contribution in [3.63, 3.8) is 0 Å². The molecule has 0 saturated heterocycles. The van der Waals surface area contributed by atoms with Crippen LogP contribution in [-0.2, 0) is 0 Å². The van der Waals surface area contributed by atoms with Crippen LogP contribution in [0.5, 0.6) is 0 Å². The van der Waals surface area contributed by atoms with Crippen molar-refractivity contribution in [3.05, 3.63) is 60.2 Å². The Labute approximate surface area is 119 Å². The molecule has 0 fully saturated rings. The van der Waals surface area contributed by atoms with Gasteiger partial charge in [0, 0.05) is 6.54 Å². The van der Waals surface area contributed by atoms with Crippen LogP contribution in [0.25, 0.3) is 0 Å². The highest BCUT2D eigenvalue weighted by molar-refractivity contribution is 6.17. The molecular formula is C17H17N3. The van der Waals surface area contributed by atoms with Crippen LogP contribution >= 0.6 is 0 Å². The maximum atomic E-state index is 4.96. The monoisotopic (exact) mass is 263 g/mol. The predicted molar refractivity (Wildman–Crippen MR) is 83.4 cm³/mol. The first-order valence-corrected chi connectivity index (χ1v) is 7.15. The molecule has 1 unspecified atom stereocenters. The quantitative estimate of drug-likeness (QED) is 0.826. The van der Waals surface area contributed by atoms with Gasteiger partial charge < -0.3 is 9.80 Å². The van der Waals surface area contributed by atoms with Gasteiger partial charge in [0.15, 0.2) is 0 Å². The molecule has 0 N–H and O–H groups in total. The van der Waals surface area contributed by atoms with Gasteiger partial charge in [0.25, 0.3) is 0 Å². The van der Waals surface area contributed by atoms with E-state index < -0.39 is 0 Å². The number of hydrogen-bond acceptors (Lipinski definition) is 3. The Kier molecular flexibility index (Phi) is 2.52. The minimum atomic E-state index is 0.244. The lowest BCUT2D eigenvalue weighted by molar-refractivity contribution is 0.780. The first-order chi connectivity index (χ1) is 9.88. The standard InChI is InChI=1S/C17H17N3/c1-2-19-15-10-6-7-11-16(15)20-12-14(18-17(19)20)13-8-4-3-5-9-13/h3-11,14H,2,12H2,1H3. The normalized spacial score (nSPS) is 19.9. The number of nitrogens with zero attached hydrogens (tertiary/aromatic N) is 3. The minimum Gasteiger partial charge on any atom is -0.310 e. The smallest absolute Gasteiger partial charge is 0.206 e. The number of para-hydroxylation sites is 2. The SMILES string of the molecule is CCN1C2=NC(c3ccccc3)CN2c2ccccc21. The Balaban J connectivity index is 1.75. The summed E-state index contributed by atoms with van der Waals surface area (Å²) < 4.78 is 0. The van der Waals surface area contributed by atoms with Crippen LogP contribution in [0, 0.1) is 0 Å². The van der Waals surface area contributed by atoms with E-state index >= 15 is 0 Å². The maximum Gasteiger partial charge on any atom is 0.206 e. The van der Waals surface area contributed by atoms with Gasteiger partial charge in [-0.1, -0.05) is 42.5 Å². The summed E-state index contributed by atoms with van der Waals surface area (Å²) >= 11 is 0. The van der Waals surface area contributed by atoms with Crippen molar-refractivity contribution in [2.45, 2.75) is 13.0 Å². The molecule has 3 heteroatoms. The Morgan fingerprint density at radius 1 is 1.00 bits per heavy atom. The van der Waals surface area contributed by atoms with Crippen LogP contribution in [0.1, 0.15) is 18.5 Å². The van der Waals surface area contributed by atoms with E-state index in [-0.39, 0.29) is 6.04 Å². The van der Waals surface area contributed by atoms with Crippen molar-refractivity contribution < 1.29 is 0 Å². The van der Waals surface area contributed by atoms with Gasteiger partial charge in [-0.25, -0.2) is 4.99 Å². The fourth-order valence-corrected chi connectivity index (χ4v) is 3.12. The molecule has 2 aromatic rings. The van der Waals surface area contributed by atoms with Crippen molar-refractivity contribution in [1.29, 1.82) is 0 Å². The van der Waals surface area contributed by atoms with Crippen LogP contribution in [0.15, 0.2) is 59.6 Å². The molecule has 2 aromatic carbocycles. The number of benzene rings is 2. The minimum absolute atomic E-state index is 0.244. The van der Waals surface area contributed by atoms with E-state index in [9.17, 15) is 0 Å². The molecule has 0 saturated carbocycles. The predicted octanol–water partition coefficient (Wildman–Crippen LogP) is 3.44. The molecule has 2 aliphatic rings. The second-order valence-electron chi connectivity index (χ2n) is 5.20. The Hall–Kier alpha value is -2.29. The van der Waals surface area contributed by atoms with Crippen LogP contribution in [0.2, 0.25) is 0 Å². The average Bonchev–Trinajstić information content (AvgIpc) is 3.05. The highest BCUT2D eigenvalue weighted by atomic mass is 15.5. The third-order valence-corrected chi connectivity index (χ3v) is 4.07. The fourth-order valence-electron chi connectivity index (χ4n) is 3.12. The van der Waals surface area contributed by atoms with Crippen LogP contribution in [0.4, 0.5) is 11.4 Å². The van der Waals surface area contributed by atoms with Crippen LogP contribution in [-0.4, -0.2) is 19.0 Å². The van der Waals surface area contributed by atoms with E-state index in [1.165, 1.54) is 16.9 Å². The van der Waals surface area contributed by atoms with E-state index in [1.54, 1.807) is 0 Å². The topological polar surface area (TPSA) is 18.8 Å². The van der Waals surface area contributed by atoms with Gasteiger partial charge in [0.2, 0.25) is 5.96 Å². The molecule has 1 atom stereocenters. The summed E-state index contributed by atoms with van der Waals surface area (Å²) in [5, 5.41) is 0. The lowest BCUT2D eigenvalue weighted by Gasteiger charge is -2.16. The van der Waals surface area contributed by atoms with E-state index in [4.69, 9.17) is 4.99 Å². The summed E-state index contributed by atoms with van der Waals surface area (Å²) in [6, 6.07) is 19.4. The molecular weight excluding hydrogens is 246 g/mol. The van der Waals surface area contributed by atoms with Crippen LogP contribution < -0.4 is 9.80 Å². The summed E-state index contributed by atoms with van der Waals surface area (Å²) in [4.78, 5) is 9.60. The van der Waals surface area contributed by atoms with Gasteiger partial charge >= 0.3 is 0 Å². The van der Waals surface area contributed by atoms with Crippen molar-refractivity contribution in [2.24, 2.45) is 4.99 Å². The van der Waals surface area contributed by atoms with E-state index in [1.807, 2.05) is 0 Å². The molecule has 3 nitrogen and oxygen atoms in total. The third-order valence-electron chi connectivity index (χ3n) is 4.07. The first kappa shape index (κ1) is 11.5. The third kappa shape index (κ3) is 1.56. The Morgan fingerprint density at radius 3 is 2.45 bits per heavy atom. The number of fused-ring (bicyclic) bond motifs is 3. The summed E-state index contributed by atoms with van der Waals surface area (Å²) in [6.07, 6.45) is 0. The maximum absolute atomic E-state index is 4.96. The molecule has 2 heterocycles. The summed E-state index contributed by atoms with van der Waals surface area (Å²) in [5.41, 5.74) is 3.86. The van der Waals surface area contributed by atoms with Gasteiger partial charge in [0.05, 0.1) is 24.0 Å². The fraction of sp³-hybridized carbons (Fsp3) is 0.235. The van der Waals surface area contributed by atoms with E-state index in [0.29, 0.717) is 0 Å². The molecule has 0 aliphatic carbocycles.